The highest BCUT2D eigenvalue weighted by Gasteiger charge is 2.06. The molecule has 6 heteroatoms. The van der Waals surface area contributed by atoms with E-state index in [2.05, 4.69) is 29.2 Å². The van der Waals surface area contributed by atoms with E-state index < -0.39 is 0 Å². The van der Waals surface area contributed by atoms with E-state index >= 15 is 0 Å². The lowest BCUT2D eigenvalue weighted by atomic mass is 10.2. The zero-order chi connectivity index (χ0) is 18.9. The summed E-state index contributed by atoms with van der Waals surface area (Å²) in [7, 11) is 1.78. The number of nitrogens with zero attached hydrogens (tertiary/aromatic N) is 3. The van der Waals surface area contributed by atoms with Crippen LogP contribution in [0, 0.1) is 0 Å². The van der Waals surface area contributed by atoms with Gasteiger partial charge in [-0.2, -0.15) is 5.10 Å². The van der Waals surface area contributed by atoms with Gasteiger partial charge in [0.05, 0.1) is 6.21 Å². The van der Waals surface area contributed by atoms with Gasteiger partial charge >= 0.3 is 0 Å². The summed E-state index contributed by atoms with van der Waals surface area (Å²) in [4.78, 5) is 2.18. The zero-order valence-electron chi connectivity index (χ0n) is 15.5. The van der Waals surface area contributed by atoms with E-state index in [0.717, 1.165) is 24.3 Å². The fraction of sp³-hybridized carbons (Fsp3) is 0.300. The van der Waals surface area contributed by atoms with Crippen LogP contribution in [0.25, 0.3) is 0 Å². The van der Waals surface area contributed by atoms with Gasteiger partial charge in [0, 0.05) is 44.0 Å². The number of phenolic OH excluding ortho intramolecular Hbond substituents is 1. The zero-order valence-corrected chi connectivity index (χ0v) is 16.3. The molecule has 5 nitrogen and oxygen atoms in total. The molecule has 0 radical (unpaired) electrons. The second-order valence-electron chi connectivity index (χ2n) is 5.83. The molecule has 2 rings (SSSR count). The Balaban J connectivity index is 1.96. The van der Waals surface area contributed by atoms with Gasteiger partial charge < -0.3 is 15.3 Å². The maximum Gasteiger partial charge on any atom is 0.189 e. The van der Waals surface area contributed by atoms with E-state index in [1.54, 1.807) is 24.3 Å². The molecule has 0 atom stereocenters. The smallest absolute Gasteiger partial charge is 0.189 e. The summed E-state index contributed by atoms with van der Waals surface area (Å²) in [5.41, 5.74) is 2.80. The maximum atomic E-state index is 10.2. The van der Waals surface area contributed by atoms with Gasteiger partial charge in [-0.05, 0) is 43.8 Å². The van der Waals surface area contributed by atoms with Crippen molar-refractivity contribution in [1.82, 2.24) is 10.3 Å². The van der Waals surface area contributed by atoms with Crippen LogP contribution in [-0.2, 0) is 6.54 Å². The molecule has 0 aliphatic heterocycles. The third-order valence-electron chi connectivity index (χ3n) is 4.09. The standard InChI is InChI=1S/C20H26N4OS/c1-4-24(5-2)18-12-11-17(19(25)13-18)15-22-23(3)20(26)21-14-16-9-7-6-8-10-16/h6-13,15,25H,4-5,14H2,1-3H3,(H,21,26)/b22-15+. The molecule has 26 heavy (non-hydrogen) atoms. The molecule has 0 saturated carbocycles. The first-order valence-corrected chi connectivity index (χ1v) is 9.13. The first-order valence-electron chi connectivity index (χ1n) is 8.72. The van der Waals surface area contributed by atoms with Crippen molar-refractivity contribution in [3.63, 3.8) is 0 Å². The van der Waals surface area contributed by atoms with Crippen LogP contribution in [0.1, 0.15) is 25.0 Å². The maximum absolute atomic E-state index is 10.2. The van der Waals surface area contributed by atoms with Gasteiger partial charge in [0.2, 0.25) is 0 Å². The van der Waals surface area contributed by atoms with Gasteiger partial charge in [0.15, 0.2) is 5.11 Å². The summed E-state index contributed by atoms with van der Waals surface area (Å²) in [5.74, 6) is 0.203. The van der Waals surface area contributed by atoms with Gasteiger partial charge in [0.25, 0.3) is 0 Å². The Bertz CT molecular complexity index is 745. The molecule has 0 aromatic heterocycles. The van der Waals surface area contributed by atoms with Crippen LogP contribution in [0.5, 0.6) is 5.75 Å². The summed E-state index contributed by atoms with van der Waals surface area (Å²) in [6, 6.07) is 15.7. The Labute approximate surface area is 160 Å². The molecule has 2 aromatic rings. The predicted octanol–water partition coefficient (Wildman–Crippen LogP) is 3.58. The minimum atomic E-state index is 0.203. The van der Waals surface area contributed by atoms with Gasteiger partial charge in [-0.1, -0.05) is 30.3 Å². The van der Waals surface area contributed by atoms with E-state index in [9.17, 15) is 5.11 Å². The Morgan fingerprint density at radius 2 is 1.85 bits per heavy atom. The monoisotopic (exact) mass is 370 g/mol. The van der Waals surface area contributed by atoms with Gasteiger partial charge in [-0.25, -0.2) is 5.01 Å². The number of anilines is 1. The lowest BCUT2D eigenvalue weighted by molar-refractivity contribution is 0.473. The molecular formula is C20H26N4OS. The fourth-order valence-corrected chi connectivity index (χ4v) is 2.64. The number of phenols is 1. The third kappa shape index (κ3) is 5.46. The van der Waals surface area contributed by atoms with E-state index in [1.165, 1.54) is 0 Å². The molecule has 2 N–H and O–H groups in total. The molecule has 0 spiro atoms. The van der Waals surface area contributed by atoms with Crippen molar-refractivity contribution in [3.05, 3.63) is 59.7 Å². The number of thiocarbonyl (C=S) groups is 1. The van der Waals surface area contributed by atoms with Crippen molar-refractivity contribution in [1.29, 1.82) is 0 Å². The minimum Gasteiger partial charge on any atom is -0.507 e. The molecule has 0 bridgehead atoms. The highest BCUT2D eigenvalue weighted by molar-refractivity contribution is 7.80. The van der Waals surface area contributed by atoms with Crippen molar-refractivity contribution in [2.24, 2.45) is 5.10 Å². The lowest BCUT2D eigenvalue weighted by Gasteiger charge is -2.21. The second-order valence-corrected chi connectivity index (χ2v) is 6.21. The summed E-state index contributed by atoms with van der Waals surface area (Å²) in [6.45, 7) is 6.62. The van der Waals surface area contributed by atoms with Crippen LogP contribution in [0.4, 0.5) is 5.69 Å². The van der Waals surface area contributed by atoms with Crippen LogP contribution >= 0.6 is 12.2 Å². The average molecular weight is 371 g/mol. The molecule has 0 aliphatic rings. The molecule has 2 aromatic carbocycles. The van der Waals surface area contributed by atoms with E-state index in [1.807, 2.05) is 42.5 Å². The predicted molar refractivity (Wildman–Crippen MR) is 113 cm³/mol. The molecular weight excluding hydrogens is 344 g/mol. The van der Waals surface area contributed by atoms with E-state index in [0.29, 0.717) is 17.2 Å². The molecule has 0 amide bonds. The fourth-order valence-electron chi connectivity index (χ4n) is 2.52. The average Bonchev–Trinajstić information content (AvgIpc) is 2.67. The van der Waals surface area contributed by atoms with E-state index in [-0.39, 0.29) is 5.75 Å². The number of nitrogens with one attached hydrogen (secondary N) is 1. The summed E-state index contributed by atoms with van der Waals surface area (Å²) >= 11 is 5.34. The number of aromatic hydroxyl groups is 1. The molecule has 138 valence electrons. The Hall–Kier alpha value is -2.60. The SMILES string of the molecule is CCN(CC)c1ccc(/C=N/N(C)C(=S)NCc2ccccc2)c(O)c1. The summed E-state index contributed by atoms with van der Waals surface area (Å²) in [6.07, 6.45) is 1.61. The van der Waals surface area contributed by atoms with Crippen molar-refractivity contribution in [3.8, 4) is 5.75 Å². The molecule has 0 aliphatic carbocycles. The summed E-state index contributed by atoms with van der Waals surface area (Å²) < 4.78 is 0. The number of hydrogen-bond acceptors (Lipinski definition) is 4. The Morgan fingerprint density at radius 1 is 1.15 bits per heavy atom. The van der Waals surface area contributed by atoms with Crippen LogP contribution < -0.4 is 10.2 Å². The lowest BCUT2D eigenvalue weighted by Crippen LogP contribution is -2.33. The molecule has 0 fully saturated rings. The van der Waals surface area contributed by atoms with Gasteiger partial charge in [0.1, 0.15) is 5.75 Å². The minimum absolute atomic E-state index is 0.203. The van der Waals surface area contributed by atoms with Crippen molar-refractivity contribution in [2.45, 2.75) is 20.4 Å². The number of hydrogen-bond donors (Lipinski definition) is 2. The number of hydrazone groups is 1. The van der Waals surface area contributed by atoms with Gasteiger partial charge in [-0.3, -0.25) is 0 Å². The van der Waals surface area contributed by atoms with Gasteiger partial charge in [-0.15, -0.1) is 0 Å². The number of benzene rings is 2. The van der Waals surface area contributed by atoms with Crippen LogP contribution in [0.3, 0.4) is 0 Å². The quantitative estimate of drug-likeness (QED) is 0.443. The topological polar surface area (TPSA) is 51.1 Å². The second kappa shape index (κ2) is 9.77. The summed E-state index contributed by atoms with van der Waals surface area (Å²) in [5, 5.41) is 19.8. The highest BCUT2D eigenvalue weighted by Crippen LogP contribution is 2.23. The van der Waals surface area contributed by atoms with Crippen LogP contribution in [-0.4, -0.2) is 41.6 Å². The van der Waals surface area contributed by atoms with Crippen LogP contribution in [0.2, 0.25) is 0 Å². The first-order chi connectivity index (χ1) is 12.5. The Morgan fingerprint density at radius 3 is 2.46 bits per heavy atom. The van der Waals surface area contributed by atoms with Crippen molar-refractivity contribution in [2.75, 3.05) is 25.0 Å². The third-order valence-corrected chi connectivity index (χ3v) is 4.50. The largest absolute Gasteiger partial charge is 0.507 e. The molecule has 0 heterocycles. The van der Waals surface area contributed by atoms with Crippen molar-refractivity contribution < 1.29 is 5.11 Å². The first kappa shape index (κ1) is 19.7. The highest BCUT2D eigenvalue weighted by atomic mass is 32.1. The van der Waals surface area contributed by atoms with E-state index in [4.69, 9.17) is 12.2 Å². The Kier molecular flexibility index (Phi) is 7.41. The molecule has 0 unspecified atom stereocenters. The van der Waals surface area contributed by atoms with Crippen molar-refractivity contribution >= 4 is 29.2 Å². The molecule has 0 saturated heterocycles. The normalized spacial score (nSPS) is 10.7. The van der Waals surface area contributed by atoms with Crippen LogP contribution in [0.15, 0.2) is 53.6 Å². The number of rotatable bonds is 7.